The molecule has 2 aromatic rings. The Kier molecular flexibility index (Phi) is 6.14. The van der Waals surface area contributed by atoms with Crippen LogP contribution in [0.3, 0.4) is 0 Å². The molecule has 1 aliphatic rings. The first-order valence-electron chi connectivity index (χ1n) is 9.38. The molecule has 0 saturated carbocycles. The van der Waals surface area contributed by atoms with Gasteiger partial charge in [-0.3, -0.25) is 9.59 Å². The summed E-state index contributed by atoms with van der Waals surface area (Å²) >= 11 is 0. The number of allylic oxidation sites excluding steroid dienone is 1. The summed E-state index contributed by atoms with van der Waals surface area (Å²) in [6.07, 6.45) is 4.38. The van der Waals surface area contributed by atoms with Crippen LogP contribution in [0.25, 0.3) is 0 Å². The highest BCUT2D eigenvalue weighted by Crippen LogP contribution is 2.33. The standard InChI is InChI=1S/C23H25NO4/c1-4-16-12-21(27-2)22(28-3)13-18(16)14-23(26)24-11-10-19(25)15-20(24)17-8-6-5-7-9-17/h5-13,20H,4,14-15H2,1-3H3. The minimum atomic E-state index is -0.281. The van der Waals surface area contributed by atoms with Crippen molar-refractivity contribution in [2.24, 2.45) is 0 Å². The van der Waals surface area contributed by atoms with Gasteiger partial charge in [0.1, 0.15) is 0 Å². The van der Waals surface area contributed by atoms with Gasteiger partial charge in [-0.1, -0.05) is 37.3 Å². The lowest BCUT2D eigenvalue weighted by molar-refractivity contribution is -0.131. The van der Waals surface area contributed by atoms with E-state index in [1.807, 2.05) is 49.4 Å². The molecule has 146 valence electrons. The lowest BCUT2D eigenvalue weighted by Gasteiger charge is -2.31. The van der Waals surface area contributed by atoms with Gasteiger partial charge in [-0.05, 0) is 41.3 Å². The van der Waals surface area contributed by atoms with Crippen molar-refractivity contribution in [3.05, 3.63) is 71.4 Å². The summed E-state index contributed by atoms with van der Waals surface area (Å²) in [5.74, 6) is 1.23. The molecule has 0 fully saturated rings. The highest BCUT2D eigenvalue weighted by atomic mass is 16.5. The van der Waals surface area contributed by atoms with Crippen molar-refractivity contribution in [3.8, 4) is 11.5 Å². The van der Waals surface area contributed by atoms with Crippen molar-refractivity contribution in [1.29, 1.82) is 0 Å². The van der Waals surface area contributed by atoms with Crippen molar-refractivity contribution in [1.82, 2.24) is 4.90 Å². The average Bonchev–Trinajstić information content (AvgIpc) is 2.73. The number of ether oxygens (including phenoxy) is 2. The summed E-state index contributed by atoms with van der Waals surface area (Å²) in [5.41, 5.74) is 2.90. The second kappa shape index (κ2) is 8.74. The van der Waals surface area contributed by atoms with E-state index >= 15 is 0 Å². The van der Waals surface area contributed by atoms with Gasteiger partial charge in [-0.25, -0.2) is 0 Å². The molecule has 0 bridgehead atoms. The molecule has 0 aromatic heterocycles. The average molecular weight is 379 g/mol. The van der Waals surface area contributed by atoms with Crippen molar-refractivity contribution >= 4 is 11.7 Å². The summed E-state index contributed by atoms with van der Waals surface area (Å²) < 4.78 is 10.8. The highest BCUT2D eigenvalue weighted by Gasteiger charge is 2.29. The van der Waals surface area contributed by atoms with Gasteiger partial charge in [0.15, 0.2) is 17.3 Å². The minimum Gasteiger partial charge on any atom is -0.493 e. The van der Waals surface area contributed by atoms with Gasteiger partial charge in [-0.15, -0.1) is 0 Å². The van der Waals surface area contributed by atoms with Crippen LogP contribution in [0.2, 0.25) is 0 Å². The fourth-order valence-electron chi connectivity index (χ4n) is 3.55. The molecular weight excluding hydrogens is 354 g/mol. The SMILES string of the molecule is CCc1cc(OC)c(OC)cc1CC(=O)N1C=CC(=O)CC1c1ccccc1. The van der Waals surface area contributed by atoms with Crippen LogP contribution in [-0.4, -0.2) is 30.8 Å². The first-order chi connectivity index (χ1) is 13.6. The first-order valence-corrected chi connectivity index (χ1v) is 9.38. The second-order valence-electron chi connectivity index (χ2n) is 6.72. The van der Waals surface area contributed by atoms with Gasteiger partial charge < -0.3 is 14.4 Å². The Morgan fingerprint density at radius 1 is 1.07 bits per heavy atom. The van der Waals surface area contributed by atoms with Crippen LogP contribution >= 0.6 is 0 Å². The maximum Gasteiger partial charge on any atom is 0.231 e. The molecule has 1 amide bonds. The zero-order valence-electron chi connectivity index (χ0n) is 16.5. The molecule has 28 heavy (non-hydrogen) atoms. The van der Waals surface area contributed by atoms with Gasteiger partial charge in [0.2, 0.25) is 5.91 Å². The summed E-state index contributed by atoms with van der Waals surface area (Å²) in [5, 5.41) is 0. The lowest BCUT2D eigenvalue weighted by Crippen LogP contribution is -2.35. The van der Waals surface area contributed by atoms with Crippen LogP contribution in [0.4, 0.5) is 0 Å². The van der Waals surface area contributed by atoms with Gasteiger partial charge in [0, 0.05) is 12.6 Å². The molecule has 0 radical (unpaired) electrons. The smallest absolute Gasteiger partial charge is 0.231 e. The van der Waals surface area contributed by atoms with E-state index in [-0.39, 0.29) is 24.2 Å². The van der Waals surface area contributed by atoms with Crippen LogP contribution in [0, 0.1) is 0 Å². The number of aryl methyl sites for hydroxylation is 1. The number of hydrogen-bond acceptors (Lipinski definition) is 4. The number of carbonyl (C=O) groups excluding carboxylic acids is 2. The van der Waals surface area contributed by atoms with Crippen molar-refractivity contribution in [2.75, 3.05) is 14.2 Å². The normalized spacial score (nSPS) is 16.2. The van der Waals surface area contributed by atoms with E-state index < -0.39 is 0 Å². The lowest BCUT2D eigenvalue weighted by atomic mass is 9.95. The molecule has 1 atom stereocenters. The number of amides is 1. The molecule has 1 aliphatic heterocycles. The molecule has 1 unspecified atom stereocenters. The number of hydrogen-bond donors (Lipinski definition) is 0. The number of benzene rings is 2. The van der Waals surface area contributed by atoms with Crippen LogP contribution in [-0.2, 0) is 22.4 Å². The van der Waals surface area contributed by atoms with Gasteiger partial charge >= 0.3 is 0 Å². The minimum absolute atomic E-state index is 0.0262. The maximum atomic E-state index is 13.2. The maximum absolute atomic E-state index is 13.2. The van der Waals surface area contributed by atoms with E-state index in [1.165, 1.54) is 6.08 Å². The summed E-state index contributed by atoms with van der Waals surface area (Å²) in [4.78, 5) is 26.8. The molecule has 0 saturated heterocycles. The van der Waals surface area contributed by atoms with Crippen molar-refractivity contribution in [3.63, 3.8) is 0 Å². The Morgan fingerprint density at radius 2 is 1.71 bits per heavy atom. The Hall–Kier alpha value is -3.08. The second-order valence-corrected chi connectivity index (χ2v) is 6.72. The van der Waals surface area contributed by atoms with Gasteiger partial charge in [-0.2, -0.15) is 0 Å². The molecule has 5 nitrogen and oxygen atoms in total. The number of methoxy groups -OCH3 is 2. The third kappa shape index (κ3) is 4.09. The largest absolute Gasteiger partial charge is 0.493 e. The van der Waals surface area contributed by atoms with Crippen molar-refractivity contribution in [2.45, 2.75) is 32.2 Å². The summed E-state index contributed by atoms with van der Waals surface area (Å²) in [6.45, 7) is 2.04. The topological polar surface area (TPSA) is 55.8 Å². The Labute approximate surface area is 165 Å². The number of nitrogens with zero attached hydrogens (tertiary/aromatic N) is 1. The highest BCUT2D eigenvalue weighted by molar-refractivity contribution is 5.93. The molecular formula is C23H25NO4. The van der Waals surface area contributed by atoms with Crippen LogP contribution in [0.5, 0.6) is 11.5 Å². The van der Waals surface area contributed by atoms with E-state index in [1.54, 1.807) is 25.3 Å². The fourth-order valence-corrected chi connectivity index (χ4v) is 3.55. The molecule has 0 spiro atoms. The van der Waals surface area contributed by atoms with E-state index in [0.717, 1.165) is 23.1 Å². The van der Waals surface area contributed by atoms with Crippen LogP contribution < -0.4 is 9.47 Å². The zero-order chi connectivity index (χ0) is 20.1. The zero-order valence-corrected chi connectivity index (χ0v) is 16.5. The van der Waals surface area contributed by atoms with Crippen LogP contribution in [0.1, 0.15) is 36.1 Å². The number of carbonyl (C=O) groups is 2. The molecule has 5 heteroatoms. The van der Waals surface area contributed by atoms with E-state index in [9.17, 15) is 9.59 Å². The first kappa shape index (κ1) is 19.7. The number of ketones is 1. The van der Waals surface area contributed by atoms with E-state index in [2.05, 4.69) is 0 Å². The van der Waals surface area contributed by atoms with Gasteiger partial charge in [0.05, 0.1) is 26.7 Å². The molecule has 0 N–H and O–H groups in total. The Balaban J connectivity index is 1.91. The third-order valence-corrected chi connectivity index (χ3v) is 5.05. The molecule has 2 aromatic carbocycles. The van der Waals surface area contributed by atoms with Gasteiger partial charge in [0.25, 0.3) is 0 Å². The summed E-state index contributed by atoms with van der Waals surface area (Å²) in [7, 11) is 3.18. The third-order valence-electron chi connectivity index (χ3n) is 5.05. The molecule has 1 heterocycles. The monoisotopic (exact) mass is 379 g/mol. The molecule has 0 aliphatic carbocycles. The fraction of sp³-hybridized carbons (Fsp3) is 0.304. The Bertz CT molecular complexity index is 889. The van der Waals surface area contributed by atoms with E-state index in [0.29, 0.717) is 17.9 Å². The number of rotatable bonds is 6. The van der Waals surface area contributed by atoms with Crippen LogP contribution in [0.15, 0.2) is 54.7 Å². The van der Waals surface area contributed by atoms with E-state index in [4.69, 9.17) is 9.47 Å². The quantitative estimate of drug-likeness (QED) is 0.765. The summed E-state index contributed by atoms with van der Waals surface area (Å²) in [6, 6.07) is 13.2. The van der Waals surface area contributed by atoms with Crippen molar-refractivity contribution < 1.29 is 19.1 Å². The predicted octanol–water partition coefficient (Wildman–Crippen LogP) is 3.87. The predicted molar refractivity (Wildman–Crippen MR) is 107 cm³/mol. The Morgan fingerprint density at radius 3 is 2.32 bits per heavy atom. The molecule has 3 rings (SSSR count).